The minimum absolute atomic E-state index is 0.0265. The average Bonchev–Trinajstić information content (AvgIpc) is 2.35. The molecule has 1 fully saturated rings. The maximum atomic E-state index is 14.8. The fraction of sp³-hybridized carbons (Fsp3) is 0.867. The summed E-state index contributed by atoms with van der Waals surface area (Å²) in [7, 11) is 0. The molecular weight excluding hydrogens is 277 g/mol. The van der Waals surface area contributed by atoms with E-state index < -0.39 is 23.3 Å². The van der Waals surface area contributed by atoms with Crippen LogP contribution < -0.4 is 0 Å². The van der Waals surface area contributed by atoms with Gasteiger partial charge in [0.15, 0.2) is 0 Å². The molecule has 5 nitrogen and oxygen atoms in total. The summed E-state index contributed by atoms with van der Waals surface area (Å²) in [5.41, 5.74) is -2.14. The maximum Gasteiger partial charge on any atom is 0.410 e. The fourth-order valence-electron chi connectivity index (χ4n) is 2.33. The molecule has 1 unspecified atom stereocenters. The van der Waals surface area contributed by atoms with Gasteiger partial charge in [-0.3, -0.25) is 4.79 Å². The van der Waals surface area contributed by atoms with Gasteiger partial charge in [0.05, 0.1) is 13.2 Å². The second kappa shape index (κ2) is 7.09. The van der Waals surface area contributed by atoms with Crippen LogP contribution in [0.5, 0.6) is 0 Å². The molecular formula is C15H26FNO4. The van der Waals surface area contributed by atoms with E-state index in [-0.39, 0.29) is 19.4 Å². The number of carbonyl (C=O) groups is 2. The van der Waals surface area contributed by atoms with Crippen LogP contribution in [-0.4, -0.2) is 47.9 Å². The van der Waals surface area contributed by atoms with Gasteiger partial charge in [-0.1, -0.05) is 0 Å². The van der Waals surface area contributed by atoms with Gasteiger partial charge in [-0.15, -0.1) is 0 Å². The maximum absolute atomic E-state index is 14.8. The van der Waals surface area contributed by atoms with E-state index in [2.05, 4.69) is 0 Å². The summed E-state index contributed by atoms with van der Waals surface area (Å²) in [5, 5.41) is 0. The average molecular weight is 303 g/mol. The Kier molecular flexibility index (Phi) is 5.98. The summed E-state index contributed by atoms with van der Waals surface area (Å²) < 4.78 is 24.8. The van der Waals surface area contributed by atoms with Gasteiger partial charge in [0.25, 0.3) is 0 Å². The zero-order valence-electron chi connectivity index (χ0n) is 13.4. The number of esters is 1. The first-order valence-electron chi connectivity index (χ1n) is 7.48. The van der Waals surface area contributed by atoms with Crippen molar-refractivity contribution in [2.45, 2.75) is 64.6 Å². The number of alkyl halides is 1. The summed E-state index contributed by atoms with van der Waals surface area (Å²) >= 11 is 0. The summed E-state index contributed by atoms with van der Waals surface area (Å²) in [4.78, 5) is 24.7. The van der Waals surface area contributed by atoms with Crippen molar-refractivity contribution in [3.05, 3.63) is 0 Å². The minimum Gasteiger partial charge on any atom is -0.466 e. The van der Waals surface area contributed by atoms with Gasteiger partial charge in [0.1, 0.15) is 11.3 Å². The predicted octanol–water partition coefficient (Wildman–Crippen LogP) is 3.07. The normalized spacial score (nSPS) is 22.8. The Balaban J connectivity index is 2.53. The van der Waals surface area contributed by atoms with Gasteiger partial charge in [0, 0.05) is 13.0 Å². The lowest BCUT2D eigenvalue weighted by Crippen LogP contribution is -2.49. The second-order valence-electron chi connectivity index (χ2n) is 6.46. The van der Waals surface area contributed by atoms with Crippen molar-refractivity contribution in [1.82, 2.24) is 4.90 Å². The summed E-state index contributed by atoms with van der Waals surface area (Å²) in [6, 6.07) is 0. The lowest BCUT2D eigenvalue weighted by atomic mass is 9.90. The van der Waals surface area contributed by atoms with Crippen LogP contribution in [0.15, 0.2) is 0 Å². The van der Waals surface area contributed by atoms with Crippen molar-refractivity contribution in [2.75, 3.05) is 19.7 Å². The molecule has 1 heterocycles. The zero-order valence-corrected chi connectivity index (χ0v) is 13.4. The molecule has 0 aromatic carbocycles. The third-order valence-electron chi connectivity index (χ3n) is 3.26. The Morgan fingerprint density at radius 3 is 2.57 bits per heavy atom. The first-order chi connectivity index (χ1) is 9.65. The quantitative estimate of drug-likeness (QED) is 0.749. The number of amides is 1. The number of nitrogens with zero attached hydrogens (tertiary/aromatic N) is 1. The van der Waals surface area contributed by atoms with Crippen LogP contribution in [0.3, 0.4) is 0 Å². The summed E-state index contributed by atoms with van der Waals surface area (Å²) in [6.45, 7) is 7.80. The highest BCUT2D eigenvalue weighted by molar-refractivity contribution is 5.70. The third-order valence-corrected chi connectivity index (χ3v) is 3.26. The number of hydrogen-bond acceptors (Lipinski definition) is 4. The molecule has 1 rings (SSSR count). The Bertz CT molecular complexity index is 380. The van der Waals surface area contributed by atoms with E-state index in [0.717, 1.165) is 0 Å². The van der Waals surface area contributed by atoms with Gasteiger partial charge < -0.3 is 14.4 Å². The first-order valence-corrected chi connectivity index (χ1v) is 7.48. The Labute approximate surface area is 125 Å². The highest BCUT2D eigenvalue weighted by Gasteiger charge is 2.38. The minimum atomic E-state index is -1.54. The molecule has 1 saturated heterocycles. The van der Waals surface area contributed by atoms with E-state index in [9.17, 15) is 14.0 Å². The van der Waals surface area contributed by atoms with Gasteiger partial charge in [-0.05, 0) is 47.0 Å². The molecule has 0 aromatic rings. The molecule has 1 amide bonds. The predicted molar refractivity (Wildman–Crippen MR) is 76.7 cm³/mol. The number of carbonyl (C=O) groups excluding carboxylic acids is 2. The smallest absolute Gasteiger partial charge is 0.410 e. The van der Waals surface area contributed by atoms with E-state index in [1.165, 1.54) is 4.90 Å². The van der Waals surface area contributed by atoms with Crippen molar-refractivity contribution in [3.63, 3.8) is 0 Å². The molecule has 1 aliphatic heterocycles. The Hall–Kier alpha value is -1.33. The van der Waals surface area contributed by atoms with Crippen LogP contribution in [0, 0.1) is 0 Å². The topological polar surface area (TPSA) is 55.8 Å². The molecule has 0 aromatic heterocycles. The number of hydrogen-bond donors (Lipinski definition) is 0. The number of rotatable bonds is 4. The third kappa shape index (κ3) is 6.31. The van der Waals surface area contributed by atoms with E-state index in [1.54, 1.807) is 27.7 Å². The summed E-state index contributed by atoms with van der Waals surface area (Å²) in [5.74, 6) is -0.399. The molecule has 0 spiro atoms. The number of halogens is 1. The number of ether oxygens (including phenoxy) is 2. The van der Waals surface area contributed by atoms with Crippen molar-refractivity contribution in [1.29, 1.82) is 0 Å². The highest BCUT2D eigenvalue weighted by atomic mass is 19.1. The molecule has 1 atom stereocenters. The molecule has 0 saturated carbocycles. The molecule has 0 radical (unpaired) electrons. The SMILES string of the molecule is CCOC(=O)CCC1(F)CCCN(C(=O)OC(C)(C)C)C1. The number of likely N-dealkylation sites (tertiary alicyclic amines) is 1. The molecule has 1 aliphatic rings. The van der Waals surface area contributed by atoms with Crippen molar-refractivity contribution < 1.29 is 23.5 Å². The van der Waals surface area contributed by atoms with Crippen LogP contribution >= 0.6 is 0 Å². The van der Waals surface area contributed by atoms with Crippen molar-refractivity contribution in [2.24, 2.45) is 0 Å². The van der Waals surface area contributed by atoms with Crippen LogP contribution in [0.4, 0.5) is 9.18 Å². The van der Waals surface area contributed by atoms with Gasteiger partial charge in [-0.25, -0.2) is 9.18 Å². The van der Waals surface area contributed by atoms with E-state index in [0.29, 0.717) is 26.0 Å². The molecule has 6 heteroatoms. The first kappa shape index (κ1) is 17.7. The zero-order chi connectivity index (χ0) is 16.1. The Morgan fingerprint density at radius 1 is 1.33 bits per heavy atom. The standard InChI is InChI=1S/C15H26FNO4/c1-5-20-12(18)7-9-15(16)8-6-10-17(11-15)13(19)21-14(2,3)4/h5-11H2,1-4H3. The fourth-order valence-corrected chi connectivity index (χ4v) is 2.33. The molecule has 0 bridgehead atoms. The molecule has 0 N–H and O–H groups in total. The van der Waals surface area contributed by atoms with E-state index in [4.69, 9.17) is 9.47 Å². The van der Waals surface area contributed by atoms with Crippen LogP contribution in [0.1, 0.15) is 53.4 Å². The monoisotopic (exact) mass is 303 g/mol. The highest BCUT2D eigenvalue weighted by Crippen LogP contribution is 2.30. The lowest BCUT2D eigenvalue weighted by Gasteiger charge is -2.37. The van der Waals surface area contributed by atoms with Crippen molar-refractivity contribution in [3.8, 4) is 0 Å². The largest absolute Gasteiger partial charge is 0.466 e. The van der Waals surface area contributed by atoms with Gasteiger partial charge in [-0.2, -0.15) is 0 Å². The van der Waals surface area contributed by atoms with Crippen LogP contribution in [-0.2, 0) is 14.3 Å². The lowest BCUT2D eigenvalue weighted by molar-refractivity contribution is -0.144. The van der Waals surface area contributed by atoms with E-state index in [1.807, 2.05) is 0 Å². The van der Waals surface area contributed by atoms with Gasteiger partial charge >= 0.3 is 12.1 Å². The summed E-state index contributed by atoms with van der Waals surface area (Å²) in [6.07, 6.45) is 0.530. The molecule has 122 valence electrons. The number of piperidine rings is 1. The van der Waals surface area contributed by atoms with Crippen molar-refractivity contribution >= 4 is 12.1 Å². The molecule has 21 heavy (non-hydrogen) atoms. The van der Waals surface area contributed by atoms with E-state index >= 15 is 0 Å². The second-order valence-corrected chi connectivity index (χ2v) is 6.46. The molecule has 0 aliphatic carbocycles. The van der Waals surface area contributed by atoms with Crippen LogP contribution in [0.25, 0.3) is 0 Å². The Morgan fingerprint density at radius 2 is 2.00 bits per heavy atom. The van der Waals surface area contributed by atoms with Crippen LogP contribution in [0.2, 0.25) is 0 Å². The van der Waals surface area contributed by atoms with Gasteiger partial charge in [0.2, 0.25) is 0 Å².